The second-order valence-corrected chi connectivity index (χ2v) is 5.93. The highest BCUT2D eigenvalue weighted by molar-refractivity contribution is 5.26. The Balaban J connectivity index is 2.16. The van der Waals surface area contributed by atoms with Gasteiger partial charge in [0, 0.05) is 37.1 Å². The summed E-state index contributed by atoms with van der Waals surface area (Å²) in [6.07, 6.45) is 5.98. The molecule has 17 heavy (non-hydrogen) atoms. The molecule has 2 nitrogen and oxygen atoms in total. The standard InChI is InChI=1S/C15H26N2/c1-11(2)17(12(3)4)14-6-7-15-13(10-14)8-9-16(15)5/h8-9,11-12,14H,6-7,10H2,1-5H3/t14-/m0/s1. The Kier molecular flexibility index (Phi) is 3.62. The maximum absolute atomic E-state index is 2.68. The number of nitrogens with zero attached hydrogens (tertiary/aromatic N) is 2. The van der Waals surface area contributed by atoms with Gasteiger partial charge in [-0.05, 0) is 58.6 Å². The molecule has 0 N–H and O–H groups in total. The number of aryl methyl sites for hydroxylation is 1. The van der Waals surface area contributed by atoms with Gasteiger partial charge in [-0.15, -0.1) is 0 Å². The zero-order valence-electron chi connectivity index (χ0n) is 11.9. The average molecular weight is 234 g/mol. The minimum absolute atomic E-state index is 0.644. The van der Waals surface area contributed by atoms with E-state index in [2.05, 4.69) is 56.5 Å². The van der Waals surface area contributed by atoms with Gasteiger partial charge in [0.05, 0.1) is 0 Å². The van der Waals surface area contributed by atoms with Gasteiger partial charge in [-0.1, -0.05) is 0 Å². The van der Waals surface area contributed by atoms with Gasteiger partial charge in [0.25, 0.3) is 0 Å². The van der Waals surface area contributed by atoms with Crippen LogP contribution >= 0.6 is 0 Å². The summed E-state index contributed by atoms with van der Waals surface area (Å²) in [4.78, 5) is 2.68. The van der Waals surface area contributed by atoms with Crippen molar-refractivity contribution in [3.05, 3.63) is 23.5 Å². The van der Waals surface area contributed by atoms with E-state index in [9.17, 15) is 0 Å². The van der Waals surface area contributed by atoms with Gasteiger partial charge in [0.1, 0.15) is 0 Å². The molecule has 0 spiro atoms. The van der Waals surface area contributed by atoms with Gasteiger partial charge in [-0.25, -0.2) is 0 Å². The van der Waals surface area contributed by atoms with Gasteiger partial charge >= 0.3 is 0 Å². The summed E-state index contributed by atoms with van der Waals surface area (Å²) in [6.45, 7) is 9.28. The van der Waals surface area contributed by atoms with Crippen molar-refractivity contribution in [1.29, 1.82) is 0 Å². The Morgan fingerprint density at radius 2 is 1.88 bits per heavy atom. The molecule has 96 valence electrons. The first-order valence-corrected chi connectivity index (χ1v) is 6.91. The molecule has 2 rings (SSSR count). The van der Waals surface area contributed by atoms with E-state index >= 15 is 0 Å². The van der Waals surface area contributed by atoms with Gasteiger partial charge in [0.2, 0.25) is 0 Å². The molecule has 1 aliphatic rings. The van der Waals surface area contributed by atoms with Crippen LogP contribution in [0.5, 0.6) is 0 Å². The number of hydrogen-bond donors (Lipinski definition) is 0. The first kappa shape index (κ1) is 12.7. The molecule has 1 aromatic rings. The van der Waals surface area contributed by atoms with E-state index in [0.29, 0.717) is 12.1 Å². The fourth-order valence-corrected chi connectivity index (χ4v) is 3.49. The van der Waals surface area contributed by atoms with Gasteiger partial charge in [-0.3, -0.25) is 4.90 Å². The molecule has 0 aromatic carbocycles. The lowest BCUT2D eigenvalue weighted by atomic mass is 9.90. The molecule has 2 heteroatoms. The molecule has 1 atom stereocenters. The first-order chi connectivity index (χ1) is 8.00. The van der Waals surface area contributed by atoms with Crippen LogP contribution in [0.1, 0.15) is 45.4 Å². The van der Waals surface area contributed by atoms with E-state index in [-0.39, 0.29) is 0 Å². The third kappa shape index (κ3) is 2.42. The van der Waals surface area contributed by atoms with Crippen molar-refractivity contribution >= 4 is 0 Å². The van der Waals surface area contributed by atoms with Crippen LogP contribution in [-0.2, 0) is 19.9 Å². The lowest BCUT2D eigenvalue weighted by Gasteiger charge is -2.40. The summed E-state index contributed by atoms with van der Waals surface area (Å²) in [6, 6.07) is 4.32. The zero-order chi connectivity index (χ0) is 12.6. The smallest absolute Gasteiger partial charge is 0.0205 e. The fourth-order valence-electron chi connectivity index (χ4n) is 3.49. The molecular formula is C15H26N2. The van der Waals surface area contributed by atoms with Crippen molar-refractivity contribution in [1.82, 2.24) is 9.47 Å². The van der Waals surface area contributed by atoms with Crippen LogP contribution in [0.3, 0.4) is 0 Å². The quantitative estimate of drug-likeness (QED) is 0.780. The van der Waals surface area contributed by atoms with Crippen molar-refractivity contribution in [3.63, 3.8) is 0 Å². The van der Waals surface area contributed by atoms with Crippen molar-refractivity contribution in [2.45, 2.75) is 65.1 Å². The summed E-state index contributed by atoms with van der Waals surface area (Å²) < 4.78 is 2.29. The maximum atomic E-state index is 2.68. The second kappa shape index (κ2) is 4.85. The van der Waals surface area contributed by atoms with Crippen molar-refractivity contribution in [2.75, 3.05) is 0 Å². The van der Waals surface area contributed by atoms with Crippen LogP contribution in [-0.4, -0.2) is 27.6 Å². The van der Waals surface area contributed by atoms with Crippen LogP contribution in [0.25, 0.3) is 0 Å². The maximum Gasteiger partial charge on any atom is 0.0205 e. The Morgan fingerprint density at radius 3 is 2.47 bits per heavy atom. The Labute approximate surface area is 106 Å². The monoisotopic (exact) mass is 234 g/mol. The van der Waals surface area contributed by atoms with Crippen LogP contribution in [0.15, 0.2) is 12.3 Å². The Bertz CT molecular complexity index is 368. The average Bonchev–Trinajstić information content (AvgIpc) is 2.59. The molecule has 1 aromatic heterocycles. The third-order valence-corrected chi connectivity index (χ3v) is 4.08. The summed E-state index contributed by atoms with van der Waals surface area (Å²) in [5.41, 5.74) is 3.11. The predicted octanol–water partition coefficient (Wildman–Crippen LogP) is 3.00. The highest BCUT2D eigenvalue weighted by atomic mass is 15.2. The summed E-state index contributed by atoms with van der Waals surface area (Å²) in [7, 11) is 2.17. The molecule has 0 unspecified atom stereocenters. The Morgan fingerprint density at radius 1 is 1.24 bits per heavy atom. The largest absolute Gasteiger partial charge is 0.354 e. The van der Waals surface area contributed by atoms with Crippen molar-refractivity contribution in [3.8, 4) is 0 Å². The van der Waals surface area contributed by atoms with Crippen LogP contribution in [0.2, 0.25) is 0 Å². The van der Waals surface area contributed by atoms with Crippen molar-refractivity contribution < 1.29 is 0 Å². The molecule has 1 heterocycles. The van der Waals surface area contributed by atoms with E-state index < -0.39 is 0 Å². The van der Waals surface area contributed by atoms with Crippen molar-refractivity contribution in [2.24, 2.45) is 7.05 Å². The number of hydrogen-bond acceptors (Lipinski definition) is 1. The molecule has 0 saturated heterocycles. The second-order valence-electron chi connectivity index (χ2n) is 5.93. The molecule has 0 fully saturated rings. The summed E-state index contributed by atoms with van der Waals surface area (Å²) in [5, 5.41) is 0. The van der Waals surface area contributed by atoms with E-state index in [4.69, 9.17) is 0 Å². The zero-order valence-corrected chi connectivity index (χ0v) is 11.9. The predicted molar refractivity (Wildman–Crippen MR) is 73.3 cm³/mol. The summed E-state index contributed by atoms with van der Waals surface area (Å²) >= 11 is 0. The highest BCUT2D eigenvalue weighted by Gasteiger charge is 2.28. The summed E-state index contributed by atoms with van der Waals surface area (Å²) in [5.74, 6) is 0. The molecule has 0 aliphatic heterocycles. The number of rotatable bonds is 3. The molecule has 0 bridgehead atoms. The molecule has 1 aliphatic carbocycles. The van der Waals surface area contributed by atoms with Crippen LogP contribution in [0.4, 0.5) is 0 Å². The SMILES string of the molecule is CC(C)N(C(C)C)[C@H]1CCc2c(ccn2C)C1. The minimum Gasteiger partial charge on any atom is -0.354 e. The van der Waals surface area contributed by atoms with E-state index in [1.165, 1.54) is 19.3 Å². The fraction of sp³-hybridized carbons (Fsp3) is 0.733. The Hall–Kier alpha value is -0.760. The normalized spacial score (nSPS) is 20.4. The molecule has 0 saturated carbocycles. The lowest BCUT2D eigenvalue weighted by Crippen LogP contribution is -2.47. The topological polar surface area (TPSA) is 8.17 Å². The van der Waals surface area contributed by atoms with Gasteiger partial charge in [0.15, 0.2) is 0 Å². The third-order valence-electron chi connectivity index (χ3n) is 4.08. The first-order valence-electron chi connectivity index (χ1n) is 6.91. The number of fused-ring (bicyclic) bond motifs is 1. The van der Waals surface area contributed by atoms with E-state index in [0.717, 1.165) is 6.04 Å². The van der Waals surface area contributed by atoms with Crippen LogP contribution < -0.4 is 0 Å². The van der Waals surface area contributed by atoms with E-state index in [1.54, 1.807) is 11.3 Å². The number of aromatic nitrogens is 1. The van der Waals surface area contributed by atoms with Gasteiger partial charge < -0.3 is 4.57 Å². The molecule has 0 amide bonds. The highest BCUT2D eigenvalue weighted by Crippen LogP contribution is 2.27. The van der Waals surface area contributed by atoms with Gasteiger partial charge in [-0.2, -0.15) is 0 Å². The van der Waals surface area contributed by atoms with E-state index in [1.807, 2.05) is 0 Å². The minimum atomic E-state index is 0.644. The molecular weight excluding hydrogens is 208 g/mol. The van der Waals surface area contributed by atoms with Crippen LogP contribution in [0, 0.1) is 0 Å². The lowest BCUT2D eigenvalue weighted by molar-refractivity contribution is 0.102. The molecule has 0 radical (unpaired) electrons.